The number of carbonyl (C=O) groups is 2. The van der Waals surface area contributed by atoms with Gasteiger partial charge in [-0.3, -0.25) is 9.78 Å². The third-order valence-corrected chi connectivity index (χ3v) is 4.42. The lowest BCUT2D eigenvalue weighted by Crippen LogP contribution is -2.54. The number of anilines is 2. The van der Waals surface area contributed by atoms with E-state index in [0.717, 1.165) is 5.69 Å². The van der Waals surface area contributed by atoms with Crippen LogP contribution in [0.25, 0.3) is 0 Å². The first kappa shape index (κ1) is 18.6. The molecule has 1 aliphatic heterocycles. The summed E-state index contributed by atoms with van der Waals surface area (Å²) in [6.45, 7) is 3.99. The van der Waals surface area contributed by atoms with E-state index in [1.165, 1.54) is 12.1 Å². The van der Waals surface area contributed by atoms with Gasteiger partial charge in [-0.2, -0.15) is 0 Å². The Balaban J connectivity index is 1.47. The fourth-order valence-corrected chi connectivity index (χ4v) is 2.85. The quantitative estimate of drug-likeness (QED) is 0.863. The molecule has 0 unspecified atom stereocenters. The van der Waals surface area contributed by atoms with Gasteiger partial charge in [-0.05, 0) is 43.3 Å². The van der Waals surface area contributed by atoms with Crippen LogP contribution in [-0.4, -0.2) is 54.0 Å². The molecule has 2 heterocycles. The lowest BCUT2D eigenvalue weighted by Gasteiger charge is -2.36. The number of halogens is 1. The molecule has 1 aromatic carbocycles. The second-order valence-electron chi connectivity index (χ2n) is 6.35. The average Bonchev–Trinajstić information content (AvgIpc) is 2.69. The van der Waals surface area contributed by atoms with Crippen molar-refractivity contribution in [1.29, 1.82) is 0 Å². The molecule has 0 saturated carbocycles. The standard InChI is InChI=1S/C19H22FN5O2/c1-14(18(26)23-16-3-2-8-21-13-16)22-19(27)25-11-9-24(10-12-25)17-6-4-15(20)5-7-17/h2-8,13-14H,9-12H2,1H3,(H,22,27)(H,23,26)/t14-/m0/s1. The second kappa shape index (κ2) is 8.48. The zero-order valence-corrected chi connectivity index (χ0v) is 15.1. The molecule has 2 N–H and O–H groups in total. The minimum atomic E-state index is -0.673. The number of urea groups is 1. The summed E-state index contributed by atoms with van der Waals surface area (Å²) in [6, 6.07) is 8.82. The van der Waals surface area contributed by atoms with Gasteiger partial charge in [0, 0.05) is 38.1 Å². The van der Waals surface area contributed by atoms with Gasteiger partial charge in [0.05, 0.1) is 11.9 Å². The molecule has 2 aromatic rings. The van der Waals surface area contributed by atoms with Crippen LogP contribution in [0.1, 0.15) is 6.92 Å². The summed E-state index contributed by atoms with van der Waals surface area (Å²) in [5.74, 6) is -0.573. The Kier molecular flexibility index (Phi) is 5.85. The number of pyridine rings is 1. The van der Waals surface area contributed by atoms with Crippen molar-refractivity contribution in [3.63, 3.8) is 0 Å². The lowest BCUT2D eigenvalue weighted by atomic mass is 10.2. The topological polar surface area (TPSA) is 77.6 Å². The smallest absolute Gasteiger partial charge is 0.318 e. The number of carbonyl (C=O) groups excluding carboxylic acids is 2. The van der Waals surface area contributed by atoms with Gasteiger partial charge in [-0.1, -0.05) is 0 Å². The largest absolute Gasteiger partial charge is 0.368 e. The molecule has 1 aliphatic rings. The Labute approximate surface area is 157 Å². The van der Waals surface area contributed by atoms with Gasteiger partial charge >= 0.3 is 6.03 Å². The minimum Gasteiger partial charge on any atom is -0.368 e. The van der Waals surface area contributed by atoms with Gasteiger partial charge in [-0.25, -0.2) is 9.18 Å². The second-order valence-corrected chi connectivity index (χ2v) is 6.35. The summed E-state index contributed by atoms with van der Waals surface area (Å²) in [4.78, 5) is 32.3. The highest BCUT2D eigenvalue weighted by molar-refractivity contribution is 5.96. The summed E-state index contributed by atoms with van der Waals surface area (Å²) >= 11 is 0. The van der Waals surface area contributed by atoms with Crippen LogP contribution in [0, 0.1) is 5.82 Å². The van der Waals surface area contributed by atoms with Crippen molar-refractivity contribution in [3.8, 4) is 0 Å². The summed E-state index contributed by atoms with van der Waals surface area (Å²) < 4.78 is 13.0. The number of amides is 3. The molecular formula is C19H22FN5O2. The molecule has 0 bridgehead atoms. The summed E-state index contributed by atoms with van der Waals surface area (Å²) in [5, 5.41) is 5.43. The van der Waals surface area contributed by atoms with Gasteiger partial charge in [0.25, 0.3) is 0 Å². The fourth-order valence-electron chi connectivity index (χ4n) is 2.85. The highest BCUT2D eigenvalue weighted by atomic mass is 19.1. The molecule has 3 amide bonds. The molecule has 0 aliphatic carbocycles. The normalized spacial score (nSPS) is 15.2. The molecule has 8 heteroatoms. The molecule has 7 nitrogen and oxygen atoms in total. The van der Waals surface area contributed by atoms with Crippen LogP contribution in [-0.2, 0) is 4.79 Å². The predicted octanol–water partition coefficient (Wildman–Crippen LogP) is 2.08. The Hall–Kier alpha value is -3.16. The number of nitrogens with zero attached hydrogens (tertiary/aromatic N) is 3. The first-order valence-electron chi connectivity index (χ1n) is 8.80. The molecule has 0 radical (unpaired) electrons. The van der Waals surface area contributed by atoms with Crippen LogP contribution in [0.3, 0.4) is 0 Å². The van der Waals surface area contributed by atoms with Gasteiger partial charge in [0.2, 0.25) is 5.91 Å². The van der Waals surface area contributed by atoms with E-state index in [0.29, 0.717) is 31.9 Å². The van der Waals surface area contributed by atoms with Crippen LogP contribution in [0.5, 0.6) is 0 Å². The zero-order valence-electron chi connectivity index (χ0n) is 15.1. The number of aromatic nitrogens is 1. The molecular weight excluding hydrogens is 349 g/mol. The highest BCUT2D eigenvalue weighted by Gasteiger charge is 2.24. The lowest BCUT2D eigenvalue weighted by molar-refractivity contribution is -0.117. The van der Waals surface area contributed by atoms with Crippen molar-refractivity contribution in [1.82, 2.24) is 15.2 Å². The number of hydrogen-bond acceptors (Lipinski definition) is 4. The maximum Gasteiger partial charge on any atom is 0.318 e. The van der Waals surface area contributed by atoms with Gasteiger partial charge in [-0.15, -0.1) is 0 Å². The van der Waals surface area contributed by atoms with Crippen molar-refractivity contribution >= 4 is 23.3 Å². The van der Waals surface area contributed by atoms with E-state index in [1.54, 1.807) is 48.5 Å². The number of hydrogen-bond donors (Lipinski definition) is 2. The first-order chi connectivity index (χ1) is 13.0. The van der Waals surface area contributed by atoms with E-state index in [9.17, 15) is 14.0 Å². The molecule has 1 fully saturated rings. The third-order valence-electron chi connectivity index (χ3n) is 4.42. The van der Waals surface area contributed by atoms with E-state index < -0.39 is 6.04 Å². The van der Waals surface area contributed by atoms with Crippen molar-refractivity contribution in [3.05, 3.63) is 54.6 Å². The first-order valence-corrected chi connectivity index (χ1v) is 8.80. The molecule has 1 aromatic heterocycles. The van der Waals surface area contributed by atoms with Crippen molar-refractivity contribution in [2.24, 2.45) is 0 Å². The fraction of sp³-hybridized carbons (Fsp3) is 0.316. The van der Waals surface area contributed by atoms with Crippen molar-refractivity contribution in [2.75, 3.05) is 36.4 Å². The summed E-state index contributed by atoms with van der Waals surface area (Å²) in [7, 11) is 0. The monoisotopic (exact) mass is 371 g/mol. The van der Waals surface area contributed by atoms with Crippen molar-refractivity contribution < 1.29 is 14.0 Å². The third kappa shape index (κ3) is 4.93. The molecule has 0 spiro atoms. The average molecular weight is 371 g/mol. The number of piperazine rings is 1. The highest BCUT2D eigenvalue weighted by Crippen LogP contribution is 2.17. The van der Waals surface area contributed by atoms with Crippen LogP contribution in [0.15, 0.2) is 48.8 Å². The van der Waals surface area contributed by atoms with E-state index in [1.807, 2.05) is 0 Å². The van der Waals surface area contributed by atoms with E-state index in [4.69, 9.17) is 0 Å². The zero-order chi connectivity index (χ0) is 19.2. The summed E-state index contributed by atoms with van der Waals surface area (Å²) in [5.41, 5.74) is 1.51. The molecule has 1 atom stereocenters. The minimum absolute atomic E-state index is 0.268. The van der Waals surface area contributed by atoms with E-state index >= 15 is 0 Å². The van der Waals surface area contributed by atoms with Gasteiger partial charge in [0.1, 0.15) is 11.9 Å². The Bertz CT molecular complexity index is 776. The Morgan fingerprint density at radius 1 is 1.11 bits per heavy atom. The summed E-state index contributed by atoms with van der Waals surface area (Å²) in [6.07, 6.45) is 3.16. The Morgan fingerprint density at radius 2 is 1.81 bits per heavy atom. The Morgan fingerprint density at radius 3 is 2.44 bits per heavy atom. The maximum atomic E-state index is 13.0. The van der Waals surface area contributed by atoms with E-state index in [2.05, 4.69) is 20.5 Å². The van der Waals surface area contributed by atoms with Crippen LogP contribution in [0.4, 0.5) is 20.6 Å². The molecule has 142 valence electrons. The van der Waals surface area contributed by atoms with E-state index in [-0.39, 0.29) is 17.8 Å². The number of benzene rings is 1. The predicted molar refractivity (Wildman–Crippen MR) is 101 cm³/mol. The van der Waals surface area contributed by atoms with Crippen LogP contribution in [0.2, 0.25) is 0 Å². The van der Waals surface area contributed by atoms with Crippen molar-refractivity contribution in [2.45, 2.75) is 13.0 Å². The number of rotatable bonds is 4. The SMILES string of the molecule is C[C@H](NC(=O)N1CCN(c2ccc(F)cc2)CC1)C(=O)Nc1cccnc1. The van der Waals surface area contributed by atoms with Crippen LogP contribution < -0.4 is 15.5 Å². The molecule has 1 saturated heterocycles. The van der Waals surface area contributed by atoms with Crippen LogP contribution >= 0.6 is 0 Å². The molecule has 3 rings (SSSR count). The van der Waals surface area contributed by atoms with Gasteiger partial charge in [0.15, 0.2) is 0 Å². The molecule has 27 heavy (non-hydrogen) atoms. The number of nitrogens with one attached hydrogen (secondary N) is 2. The van der Waals surface area contributed by atoms with Gasteiger partial charge < -0.3 is 20.4 Å². The maximum absolute atomic E-state index is 13.0.